The lowest BCUT2D eigenvalue weighted by Crippen LogP contribution is -2.48. The predicted octanol–water partition coefficient (Wildman–Crippen LogP) is 5.76. The fourth-order valence-corrected chi connectivity index (χ4v) is 9.68. The summed E-state index contributed by atoms with van der Waals surface area (Å²) in [6, 6.07) is 0.376. The lowest BCUT2D eigenvalue weighted by Gasteiger charge is -2.36. The molecule has 0 aromatic carbocycles. The molecule has 0 spiro atoms. The van der Waals surface area contributed by atoms with Crippen LogP contribution in [0.1, 0.15) is 122 Å². The van der Waals surface area contributed by atoms with Gasteiger partial charge in [0.25, 0.3) is 0 Å². The van der Waals surface area contributed by atoms with E-state index in [0.717, 1.165) is 56.0 Å². The highest BCUT2D eigenvalue weighted by Crippen LogP contribution is 2.38. The number of anilines is 3. The van der Waals surface area contributed by atoms with Crippen molar-refractivity contribution in [1.29, 1.82) is 0 Å². The summed E-state index contributed by atoms with van der Waals surface area (Å²) in [6.07, 6.45) is 6.35. The molecule has 49 heavy (non-hydrogen) atoms. The number of aromatic nitrogens is 3. The lowest BCUT2D eigenvalue weighted by molar-refractivity contribution is 0.121. The highest BCUT2D eigenvalue weighted by molar-refractivity contribution is 8.14. The Balaban J connectivity index is 1.77. The molecule has 1 aromatic heterocycles. The molecule has 1 aromatic rings. The normalized spacial score (nSPS) is 22.2. The Morgan fingerprint density at radius 3 is 1.33 bits per heavy atom. The van der Waals surface area contributed by atoms with Crippen molar-refractivity contribution >= 4 is 67.1 Å². The minimum Gasteiger partial charge on any atom is -0.352 e. The van der Waals surface area contributed by atoms with E-state index in [-0.39, 0.29) is 34.5 Å². The molecule has 4 unspecified atom stereocenters. The molecule has 2 aliphatic heterocycles. The minimum atomic E-state index is -0.180. The zero-order valence-electron chi connectivity index (χ0n) is 33.9. The zero-order valence-corrected chi connectivity index (χ0v) is 35.5. The first kappa shape index (κ1) is 41.9. The molecule has 0 bridgehead atoms. The van der Waals surface area contributed by atoms with E-state index in [4.69, 9.17) is 24.9 Å². The summed E-state index contributed by atoms with van der Waals surface area (Å²) in [5.74, 6) is 4.62. The fourth-order valence-electron chi connectivity index (χ4n) is 6.79. The molecule has 0 fully saturated rings. The molecule has 3 rings (SSSR count). The lowest BCUT2D eigenvalue weighted by atomic mass is 9.83. The van der Waals surface area contributed by atoms with Crippen LogP contribution in [-0.4, -0.2) is 123 Å². The highest BCUT2D eigenvalue weighted by atomic mass is 32.2. The molecule has 0 radical (unpaired) electrons. The van der Waals surface area contributed by atoms with E-state index < -0.39 is 0 Å². The van der Waals surface area contributed by atoms with E-state index in [9.17, 15) is 0 Å². The van der Waals surface area contributed by atoms with Crippen LogP contribution in [0.3, 0.4) is 0 Å². The van der Waals surface area contributed by atoms with Crippen LogP contribution in [0, 0.1) is 0 Å². The Morgan fingerprint density at radius 1 is 0.653 bits per heavy atom. The maximum Gasteiger partial charge on any atom is 0.231 e. The first-order chi connectivity index (χ1) is 22.7. The largest absolute Gasteiger partial charge is 0.352 e. The maximum atomic E-state index is 5.07. The topological polar surface area (TPSA) is 97.2 Å². The standard InChI is InChI=1S/C35H68B2N10S2/c1-15-17-25(36)47(26(37)18-16-2)31-41-29(38-23(3)19-21-48-27-32(5,6)45(13)34(9,10)43-27)40-30(42-31)39-24(4)20-22-49-28-33(7,8)46(14)35(11,12)44-28/h23-26H,15-22,36-37H2,1-14H3,(H2,38,39,40,41,42). The van der Waals surface area contributed by atoms with Gasteiger partial charge in [-0.05, 0) is 121 Å². The highest BCUT2D eigenvalue weighted by Gasteiger charge is 2.46. The smallest absolute Gasteiger partial charge is 0.231 e. The molecule has 10 nitrogen and oxygen atoms in total. The van der Waals surface area contributed by atoms with Crippen LogP contribution in [0.15, 0.2) is 9.98 Å². The third-order valence-corrected chi connectivity index (χ3v) is 13.3. The van der Waals surface area contributed by atoms with Crippen LogP contribution in [-0.2, 0) is 0 Å². The van der Waals surface area contributed by atoms with Gasteiger partial charge in [-0.2, -0.15) is 15.0 Å². The second-order valence-corrected chi connectivity index (χ2v) is 18.6. The summed E-state index contributed by atoms with van der Waals surface area (Å²) in [6.45, 7) is 26.8. The number of thioether (sulfide) groups is 2. The first-order valence-electron chi connectivity index (χ1n) is 18.7. The summed E-state index contributed by atoms with van der Waals surface area (Å²) in [4.78, 5) is 32.3. The summed E-state index contributed by atoms with van der Waals surface area (Å²) in [5.41, 5.74) is -0.488. The molecule has 0 aliphatic carbocycles. The Hall–Kier alpha value is -1.50. The molecule has 2 N–H and O–H groups in total. The van der Waals surface area contributed by atoms with Crippen LogP contribution in [0.5, 0.6) is 0 Å². The van der Waals surface area contributed by atoms with Gasteiger partial charge < -0.3 is 15.5 Å². The van der Waals surface area contributed by atoms with Gasteiger partial charge in [0.1, 0.15) is 27.0 Å². The van der Waals surface area contributed by atoms with Gasteiger partial charge in [-0.3, -0.25) is 19.8 Å². The van der Waals surface area contributed by atoms with Gasteiger partial charge in [0.05, 0.1) is 21.2 Å². The Morgan fingerprint density at radius 2 is 1.02 bits per heavy atom. The van der Waals surface area contributed by atoms with Crippen molar-refractivity contribution in [3.8, 4) is 0 Å². The quantitative estimate of drug-likeness (QED) is 0.194. The van der Waals surface area contributed by atoms with E-state index in [1.807, 2.05) is 23.5 Å². The Bertz CT molecular complexity index is 1210. The molecule has 276 valence electrons. The van der Waals surface area contributed by atoms with Crippen LogP contribution in [0.4, 0.5) is 17.8 Å². The predicted molar refractivity (Wildman–Crippen MR) is 224 cm³/mol. The third-order valence-electron chi connectivity index (χ3n) is 10.7. The van der Waals surface area contributed by atoms with Crippen molar-refractivity contribution < 1.29 is 0 Å². The summed E-state index contributed by atoms with van der Waals surface area (Å²) in [7, 11) is 8.94. The van der Waals surface area contributed by atoms with E-state index >= 15 is 0 Å². The maximum absolute atomic E-state index is 5.07. The molecule has 14 heteroatoms. The van der Waals surface area contributed by atoms with Gasteiger partial charge in [0.15, 0.2) is 0 Å². The number of nitrogens with zero attached hydrogens (tertiary/aromatic N) is 8. The molecular weight excluding hydrogens is 646 g/mol. The monoisotopic (exact) mass is 715 g/mol. The van der Waals surface area contributed by atoms with Crippen LogP contribution >= 0.6 is 23.5 Å². The van der Waals surface area contributed by atoms with Crippen molar-refractivity contribution in [2.24, 2.45) is 9.98 Å². The van der Waals surface area contributed by atoms with Crippen molar-refractivity contribution in [1.82, 2.24) is 24.8 Å². The van der Waals surface area contributed by atoms with Crippen LogP contribution in [0.2, 0.25) is 0 Å². The summed E-state index contributed by atoms with van der Waals surface area (Å²) >= 11 is 3.74. The van der Waals surface area contributed by atoms with Crippen molar-refractivity contribution in [2.75, 3.05) is 41.1 Å². The number of aliphatic imine (C=N–C) groups is 2. The molecule has 0 saturated carbocycles. The molecule has 0 saturated heterocycles. The van der Waals surface area contributed by atoms with Gasteiger partial charge in [0.2, 0.25) is 17.8 Å². The van der Waals surface area contributed by atoms with Crippen molar-refractivity contribution in [2.45, 2.75) is 168 Å². The van der Waals surface area contributed by atoms with E-state index in [2.05, 4.69) is 138 Å². The second-order valence-electron chi connectivity index (χ2n) is 16.4. The molecular formula is C35H68B2N10S2. The Kier molecular flexibility index (Phi) is 14.4. The fraction of sp³-hybridized carbons (Fsp3) is 0.857. The molecule has 2 aliphatic rings. The molecule has 0 amide bonds. The number of rotatable bonds is 17. The zero-order chi connectivity index (χ0) is 36.9. The average molecular weight is 715 g/mol. The summed E-state index contributed by atoms with van der Waals surface area (Å²) in [5, 5.41) is 9.71. The minimum absolute atomic E-state index is 0.0642. The third kappa shape index (κ3) is 10.3. The number of hydrogen-bond acceptors (Lipinski definition) is 12. The molecule has 4 atom stereocenters. The average Bonchev–Trinajstić information content (AvgIpc) is 3.24. The van der Waals surface area contributed by atoms with Gasteiger partial charge >= 0.3 is 0 Å². The van der Waals surface area contributed by atoms with E-state index in [1.165, 1.54) is 10.1 Å². The van der Waals surface area contributed by atoms with E-state index in [1.54, 1.807) is 0 Å². The molecule has 3 heterocycles. The first-order valence-corrected chi connectivity index (χ1v) is 20.7. The number of hydrogen-bond donors (Lipinski definition) is 2. The van der Waals surface area contributed by atoms with Crippen molar-refractivity contribution in [3.63, 3.8) is 0 Å². The van der Waals surface area contributed by atoms with Crippen LogP contribution < -0.4 is 15.5 Å². The van der Waals surface area contributed by atoms with E-state index in [0.29, 0.717) is 23.8 Å². The van der Waals surface area contributed by atoms with Gasteiger partial charge in [-0.15, -0.1) is 23.5 Å². The van der Waals surface area contributed by atoms with Crippen molar-refractivity contribution in [3.05, 3.63) is 0 Å². The number of nitrogens with one attached hydrogen (secondary N) is 2. The summed E-state index contributed by atoms with van der Waals surface area (Å²) < 4.78 is 0. The van der Waals surface area contributed by atoms with Gasteiger partial charge in [-0.25, -0.2) is 0 Å². The SMILES string of the molecule is BC(CCC)N(c1nc(NC(C)CCSC2=NC(C)(C)N(C)C2(C)C)nc(NC(C)CCSC2=NC(C)(C)N(C)C2(C)C)n1)C(B)CCC. The Labute approximate surface area is 309 Å². The van der Waals surface area contributed by atoms with Crippen LogP contribution in [0.25, 0.3) is 0 Å². The van der Waals surface area contributed by atoms with Gasteiger partial charge in [-0.1, -0.05) is 26.7 Å². The second kappa shape index (κ2) is 16.9. The van der Waals surface area contributed by atoms with Gasteiger partial charge in [0, 0.05) is 23.6 Å².